The number of benzene rings is 3. The first-order chi connectivity index (χ1) is 14.3. The molecule has 29 heavy (non-hydrogen) atoms. The number of amides is 1. The van der Waals surface area contributed by atoms with E-state index in [4.69, 9.17) is 5.26 Å². The lowest BCUT2D eigenvalue weighted by Crippen LogP contribution is -2.49. The van der Waals surface area contributed by atoms with E-state index in [-0.39, 0.29) is 11.9 Å². The van der Waals surface area contributed by atoms with Crippen LogP contribution in [0.15, 0.2) is 84.9 Å². The molecule has 0 spiro atoms. The van der Waals surface area contributed by atoms with Crippen LogP contribution in [0, 0.1) is 11.3 Å². The number of piperazine rings is 1. The standard InChI is InChI=1S/C25H23N3O/c26-19-20-11-13-23(14-12-20)25(29)28-17-15-27(16-18-28)24(21-7-3-1-4-8-21)22-9-5-2-6-10-22/h1-14,24H,15-18H2. The summed E-state index contributed by atoms with van der Waals surface area (Å²) in [6, 6.07) is 30.2. The molecule has 0 aromatic heterocycles. The zero-order valence-corrected chi connectivity index (χ0v) is 16.2. The van der Waals surface area contributed by atoms with Gasteiger partial charge in [-0.1, -0.05) is 60.7 Å². The molecule has 1 fully saturated rings. The average Bonchev–Trinajstić information content (AvgIpc) is 2.81. The SMILES string of the molecule is N#Cc1ccc(C(=O)N2CCN(C(c3ccccc3)c3ccccc3)CC2)cc1. The molecular weight excluding hydrogens is 358 g/mol. The van der Waals surface area contributed by atoms with Gasteiger partial charge in [0.25, 0.3) is 5.91 Å². The first-order valence-electron chi connectivity index (χ1n) is 9.89. The molecule has 0 saturated carbocycles. The highest BCUT2D eigenvalue weighted by molar-refractivity contribution is 5.94. The Hall–Kier alpha value is -3.42. The number of hydrogen-bond donors (Lipinski definition) is 0. The third-order valence-electron chi connectivity index (χ3n) is 5.46. The lowest BCUT2D eigenvalue weighted by atomic mass is 9.96. The monoisotopic (exact) mass is 381 g/mol. The molecule has 0 aliphatic carbocycles. The molecule has 4 heteroatoms. The van der Waals surface area contributed by atoms with Crippen molar-refractivity contribution < 1.29 is 4.79 Å². The zero-order chi connectivity index (χ0) is 20.1. The number of hydrogen-bond acceptors (Lipinski definition) is 3. The second kappa shape index (κ2) is 8.72. The molecule has 0 N–H and O–H groups in total. The molecule has 3 aromatic rings. The first kappa shape index (κ1) is 18.9. The van der Waals surface area contributed by atoms with Crippen LogP contribution in [0.3, 0.4) is 0 Å². The molecule has 1 aliphatic heterocycles. The van der Waals surface area contributed by atoms with Gasteiger partial charge in [0.15, 0.2) is 0 Å². The van der Waals surface area contributed by atoms with Gasteiger partial charge in [-0.05, 0) is 35.4 Å². The van der Waals surface area contributed by atoms with Crippen molar-refractivity contribution in [1.82, 2.24) is 9.80 Å². The zero-order valence-electron chi connectivity index (χ0n) is 16.2. The van der Waals surface area contributed by atoms with Crippen molar-refractivity contribution in [2.24, 2.45) is 0 Å². The summed E-state index contributed by atoms with van der Waals surface area (Å²) >= 11 is 0. The van der Waals surface area contributed by atoms with Gasteiger partial charge in [0.1, 0.15) is 0 Å². The summed E-state index contributed by atoms with van der Waals surface area (Å²) in [4.78, 5) is 17.2. The van der Waals surface area contributed by atoms with Crippen LogP contribution >= 0.6 is 0 Å². The van der Waals surface area contributed by atoms with Gasteiger partial charge in [-0.3, -0.25) is 9.69 Å². The van der Waals surface area contributed by atoms with Gasteiger partial charge in [0, 0.05) is 31.7 Å². The minimum atomic E-state index is 0.0325. The van der Waals surface area contributed by atoms with Gasteiger partial charge in [-0.15, -0.1) is 0 Å². The van der Waals surface area contributed by atoms with Crippen LogP contribution in [0.4, 0.5) is 0 Å². The van der Waals surface area contributed by atoms with Crippen LogP contribution < -0.4 is 0 Å². The van der Waals surface area contributed by atoms with E-state index in [2.05, 4.69) is 59.5 Å². The van der Waals surface area contributed by atoms with E-state index in [1.54, 1.807) is 24.3 Å². The molecule has 0 bridgehead atoms. The Kier molecular flexibility index (Phi) is 5.69. The summed E-state index contributed by atoms with van der Waals surface area (Å²) in [5.74, 6) is 0.0325. The number of nitriles is 1. The fourth-order valence-electron chi connectivity index (χ4n) is 3.94. The van der Waals surface area contributed by atoms with Gasteiger partial charge in [-0.25, -0.2) is 0 Å². The van der Waals surface area contributed by atoms with Crippen LogP contribution in [0.2, 0.25) is 0 Å². The molecule has 1 aliphatic rings. The maximum atomic E-state index is 12.8. The topological polar surface area (TPSA) is 47.3 Å². The van der Waals surface area contributed by atoms with Crippen molar-refractivity contribution in [2.75, 3.05) is 26.2 Å². The number of rotatable bonds is 4. The van der Waals surface area contributed by atoms with Crippen molar-refractivity contribution in [3.05, 3.63) is 107 Å². The van der Waals surface area contributed by atoms with Crippen molar-refractivity contribution in [3.8, 4) is 6.07 Å². The Labute approximate surface area is 171 Å². The van der Waals surface area contributed by atoms with Gasteiger partial charge in [-0.2, -0.15) is 5.26 Å². The fraction of sp³-hybridized carbons (Fsp3) is 0.200. The van der Waals surface area contributed by atoms with E-state index in [0.717, 1.165) is 13.1 Å². The summed E-state index contributed by atoms with van der Waals surface area (Å²) in [6.07, 6.45) is 0. The minimum Gasteiger partial charge on any atom is -0.336 e. The fourth-order valence-corrected chi connectivity index (χ4v) is 3.94. The molecule has 1 amide bonds. The van der Waals surface area contributed by atoms with Gasteiger partial charge >= 0.3 is 0 Å². The lowest BCUT2D eigenvalue weighted by molar-refractivity contribution is 0.0597. The van der Waals surface area contributed by atoms with Crippen LogP contribution in [0.25, 0.3) is 0 Å². The molecule has 0 radical (unpaired) electrons. The van der Waals surface area contributed by atoms with E-state index in [0.29, 0.717) is 24.2 Å². The maximum Gasteiger partial charge on any atom is 0.253 e. The Bertz CT molecular complexity index is 946. The highest BCUT2D eigenvalue weighted by Gasteiger charge is 2.28. The predicted molar refractivity (Wildman–Crippen MR) is 113 cm³/mol. The third-order valence-corrected chi connectivity index (χ3v) is 5.46. The van der Waals surface area contributed by atoms with E-state index in [1.807, 2.05) is 17.0 Å². The largest absolute Gasteiger partial charge is 0.336 e. The van der Waals surface area contributed by atoms with E-state index in [1.165, 1.54) is 11.1 Å². The average molecular weight is 381 g/mol. The molecule has 0 atom stereocenters. The summed E-state index contributed by atoms with van der Waals surface area (Å²) < 4.78 is 0. The summed E-state index contributed by atoms with van der Waals surface area (Å²) in [5.41, 5.74) is 3.75. The molecular formula is C25H23N3O. The van der Waals surface area contributed by atoms with Crippen molar-refractivity contribution in [1.29, 1.82) is 5.26 Å². The molecule has 4 nitrogen and oxygen atoms in total. The molecule has 144 valence electrons. The molecule has 4 rings (SSSR count). The van der Waals surface area contributed by atoms with E-state index < -0.39 is 0 Å². The first-order valence-corrected chi connectivity index (χ1v) is 9.89. The Morgan fingerprint density at radius 2 is 1.28 bits per heavy atom. The van der Waals surface area contributed by atoms with Crippen molar-refractivity contribution in [2.45, 2.75) is 6.04 Å². The number of carbonyl (C=O) groups excluding carboxylic acids is 1. The third kappa shape index (κ3) is 4.21. The Morgan fingerprint density at radius 1 is 0.759 bits per heavy atom. The maximum absolute atomic E-state index is 12.8. The van der Waals surface area contributed by atoms with E-state index in [9.17, 15) is 4.79 Å². The highest BCUT2D eigenvalue weighted by atomic mass is 16.2. The minimum absolute atomic E-state index is 0.0325. The normalized spacial score (nSPS) is 14.6. The summed E-state index contributed by atoms with van der Waals surface area (Å²) in [7, 11) is 0. The van der Waals surface area contributed by atoms with Gasteiger partial charge < -0.3 is 4.90 Å². The smallest absolute Gasteiger partial charge is 0.253 e. The van der Waals surface area contributed by atoms with Gasteiger partial charge in [0.05, 0.1) is 17.7 Å². The molecule has 0 unspecified atom stereocenters. The van der Waals surface area contributed by atoms with E-state index >= 15 is 0 Å². The van der Waals surface area contributed by atoms with Gasteiger partial charge in [0.2, 0.25) is 0 Å². The quantitative estimate of drug-likeness (QED) is 0.683. The highest BCUT2D eigenvalue weighted by Crippen LogP contribution is 2.29. The Morgan fingerprint density at radius 3 is 1.76 bits per heavy atom. The van der Waals surface area contributed by atoms with Crippen LogP contribution in [0.5, 0.6) is 0 Å². The van der Waals surface area contributed by atoms with Crippen LogP contribution in [-0.4, -0.2) is 41.9 Å². The molecule has 3 aromatic carbocycles. The molecule has 1 saturated heterocycles. The number of nitrogens with zero attached hydrogens (tertiary/aromatic N) is 3. The predicted octanol–water partition coefficient (Wildman–Crippen LogP) is 4.11. The van der Waals surface area contributed by atoms with Crippen molar-refractivity contribution in [3.63, 3.8) is 0 Å². The Balaban J connectivity index is 1.49. The van der Waals surface area contributed by atoms with Crippen LogP contribution in [-0.2, 0) is 0 Å². The summed E-state index contributed by atoms with van der Waals surface area (Å²) in [6.45, 7) is 3.01. The second-order valence-corrected chi connectivity index (χ2v) is 7.24. The number of carbonyl (C=O) groups is 1. The summed E-state index contributed by atoms with van der Waals surface area (Å²) in [5, 5.41) is 8.93. The van der Waals surface area contributed by atoms with Crippen molar-refractivity contribution >= 4 is 5.91 Å². The second-order valence-electron chi connectivity index (χ2n) is 7.24. The molecule has 1 heterocycles. The van der Waals surface area contributed by atoms with Crippen LogP contribution in [0.1, 0.15) is 33.1 Å². The lowest BCUT2D eigenvalue weighted by Gasteiger charge is -2.39.